The zero-order valence-electron chi connectivity index (χ0n) is 12.5. The van der Waals surface area contributed by atoms with Crippen LogP contribution in [0.5, 0.6) is 0 Å². The minimum absolute atomic E-state index is 0.335. The van der Waals surface area contributed by atoms with Crippen LogP contribution >= 0.6 is 15.9 Å². The van der Waals surface area contributed by atoms with E-state index in [-0.39, 0.29) is 5.82 Å². The predicted octanol–water partition coefficient (Wildman–Crippen LogP) is 3.72. The molecule has 0 spiro atoms. The van der Waals surface area contributed by atoms with Crippen LogP contribution in [0.3, 0.4) is 0 Å². The molecule has 0 fully saturated rings. The van der Waals surface area contributed by atoms with Gasteiger partial charge in [-0.05, 0) is 46.5 Å². The van der Waals surface area contributed by atoms with Gasteiger partial charge in [-0.2, -0.15) is 5.10 Å². The van der Waals surface area contributed by atoms with Gasteiger partial charge in [0.25, 0.3) is 0 Å². The van der Waals surface area contributed by atoms with Crippen LogP contribution in [-0.4, -0.2) is 14.9 Å². The summed E-state index contributed by atoms with van der Waals surface area (Å²) in [5.74, 6) is -0.335. The van der Waals surface area contributed by atoms with Crippen molar-refractivity contribution in [3.05, 3.63) is 51.5 Å². The molecule has 0 amide bonds. The van der Waals surface area contributed by atoms with Gasteiger partial charge in [0.05, 0.1) is 21.5 Å². The molecule has 0 aliphatic carbocycles. The first-order valence-electron chi connectivity index (χ1n) is 7.10. The molecule has 1 aromatic carbocycles. The molecule has 0 aliphatic rings. The molecule has 2 aromatic rings. The van der Waals surface area contributed by atoms with Crippen LogP contribution in [0.15, 0.2) is 28.7 Å². The Hall–Kier alpha value is -1.20. The highest BCUT2D eigenvalue weighted by Gasteiger charge is 2.31. The molecule has 0 aliphatic heterocycles. The second-order valence-corrected chi connectivity index (χ2v) is 6.05. The highest BCUT2D eigenvalue weighted by Crippen LogP contribution is 2.33. The monoisotopic (exact) mass is 354 g/mol. The molecule has 0 saturated heterocycles. The lowest BCUT2D eigenvalue weighted by Crippen LogP contribution is -2.29. The Balaban J connectivity index is 2.41. The molecule has 5 heteroatoms. The molecule has 2 rings (SSSR count). The van der Waals surface area contributed by atoms with Crippen molar-refractivity contribution in [1.29, 1.82) is 0 Å². The van der Waals surface area contributed by atoms with E-state index < -0.39 is 5.60 Å². The first-order chi connectivity index (χ1) is 9.91. The van der Waals surface area contributed by atoms with E-state index in [4.69, 9.17) is 0 Å². The number of nitrogens with zero attached hydrogens (tertiary/aromatic N) is 2. The third-order valence-corrected chi connectivity index (χ3v) is 4.83. The van der Waals surface area contributed by atoms with Crippen molar-refractivity contribution >= 4 is 15.9 Å². The van der Waals surface area contributed by atoms with Crippen molar-refractivity contribution in [1.82, 2.24) is 9.78 Å². The molecule has 1 heterocycles. The summed E-state index contributed by atoms with van der Waals surface area (Å²) in [6.07, 6.45) is 1.70. The first-order valence-corrected chi connectivity index (χ1v) is 7.89. The number of halogens is 2. The Kier molecular flexibility index (Phi) is 4.84. The quantitative estimate of drug-likeness (QED) is 0.888. The molecule has 0 bridgehead atoms. The number of aryl methyl sites for hydroxylation is 2. The van der Waals surface area contributed by atoms with E-state index >= 15 is 0 Å². The van der Waals surface area contributed by atoms with Gasteiger partial charge < -0.3 is 5.11 Å². The summed E-state index contributed by atoms with van der Waals surface area (Å²) in [5.41, 5.74) is 1.37. The summed E-state index contributed by atoms with van der Waals surface area (Å²) < 4.78 is 16.2. The van der Waals surface area contributed by atoms with Crippen LogP contribution in [0.25, 0.3) is 0 Å². The van der Waals surface area contributed by atoms with Gasteiger partial charge >= 0.3 is 0 Å². The van der Waals surface area contributed by atoms with Crippen LogP contribution in [0.2, 0.25) is 0 Å². The predicted molar refractivity (Wildman–Crippen MR) is 84.6 cm³/mol. The summed E-state index contributed by atoms with van der Waals surface area (Å²) in [6, 6.07) is 6.17. The number of hydrogen-bond acceptors (Lipinski definition) is 2. The van der Waals surface area contributed by atoms with Crippen molar-refractivity contribution in [3.63, 3.8) is 0 Å². The minimum Gasteiger partial charge on any atom is -0.385 e. The average molecular weight is 355 g/mol. The Labute approximate surface area is 132 Å². The standard InChI is InChI=1S/C16H20BrFN2O/c1-4-13-15(17)14(20(3)19-13)10-16(21,5-2)11-7-6-8-12(18)9-11/h6-9,21H,4-5,10H2,1-3H3. The summed E-state index contributed by atoms with van der Waals surface area (Å²) in [7, 11) is 1.86. The summed E-state index contributed by atoms with van der Waals surface area (Å²) in [5, 5.41) is 15.4. The zero-order valence-corrected chi connectivity index (χ0v) is 14.1. The fourth-order valence-corrected chi connectivity index (χ4v) is 3.25. The fraction of sp³-hybridized carbons (Fsp3) is 0.438. The summed E-state index contributed by atoms with van der Waals surface area (Å²) >= 11 is 3.56. The van der Waals surface area contributed by atoms with E-state index in [0.29, 0.717) is 18.4 Å². The van der Waals surface area contributed by atoms with Crippen LogP contribution in [0.1, 0.15) is 37.2 Å². The molecule has 3 nitrogen and oxygen atoms in total. The van der Waals surface area contributed by atoms with Gasteiger partial charge in [0.1, 0.15) is 5.82 Å². The van der Waals surface area contributed by atoms with E-state index in [1.807, 2.05) is 20.9 Å². The fourth-order valence-electron chi connectivity index (χ4n) is 2.50. The van der Waals surface area contributed by atoms with Crippen molar-refractivity contribution in [2.75, 3.05) is 0 Å². The highest BCUT2D eigenvalue weighted by molar-refractivity contribution is 9.10. The maximum absolute atomic E-state index is 13.5. The topological polar surface area (TPSA) is 38.0 Å². The Morgan fingerprint density at radius 3 is 2.62 bits per heavy atom. The highest BCUT2D eigenvalue weighted by atomic mass is 79.9. The Morgan fingerprint density at radius 1 is 1.38 bits per heavy atom. The third kappa shape index (κ3) is 3.19. The number of benzene rings is 1. The van der Waals surface area contributed by atoms with Crippen molar-refractivity contribution in [3.8, 4) is 0 Å². The van der Waals surface area contributed by atoms with E-state index in [1.165, 1.54) is 12.1 Å². The first kappa shape index (κ1) is 16.2. The molecule has 21 heavy (non-hydrogen) atoms. The molecule has 114 valence electrons. The summed E-state index contributed by atoms with van der Waals surface area (Å²) in [4.78, 5) is 0. The average Bonchev–Trinajstić information content (AvgIpc) is 2.74. The Morgan fingerprint density at radius 2 is 2.10 bits per heavy atom. The van der Waals surface area contributed by atoms with E-state index in [1.54, 1.807) is 16.8 Å². The van der Waals surface area contributed by atoms with Crippen LogP contribution < -0.4 is 0 Å². The van der Waals surface area contributed by atoms with Gasteiger partial charge in [-0.3, -0.25) is 4.68 Å². The largest absolute Gasteiger partial charge is 0.385 e. The molecule has 0 saturated carbocycles. The molecular formula is C16H20BrFN2O. The van der Waals surface area contributed by atoms with Crippen molar-refractivity contribution in [2.24, 2.45) is 7.05 Å². The van der Waals surface area contributed by atoms with Crippen molar-refractivity contribution in [2.45, 2.75) is 38.7 Å². The second-order valence-electron chi connectivity index (χ2n) is 5.26. The van der Waals surface area contributed by atoms with E-state index in [2.05, 4.69) is 21.0 Å². The van der Waals surface area contributed by atoms with Gasteiger partial charge in [0.15, 0.2) is 0 Å². The molecule has 1 aromatic heterocycles. The molecule has 1 unspecified atom stereocenters. The number of rotatable bonds is 5. The molecular weight excluding hydrogens is 335 g/mol. The van der Waals surface area contributed by atoms with Gasteiger partial charge in [-0.25, -0.2) is 4.39 Å². The maximum atomic E-state index is 13.5. The Bertz CT molecular complexity index is 641. The number of aliphatic hydroxyl groups is 1. The number of hydrogen-bond donors (Lipinski definition) is 1. The summed E-state index contributed by atoms with van der Waals surface area (Å²) in [6.45, 7) is 3.94. The molecule has 1 N–H and O–H groups in total. The SMILES string of the molecule is CCc1nn(C)c(CC(O)(CC)c2cccc(F)c2)c1Br. The van der Waals surface area contributed by atoms with Gasteiger partial charge in [-0.15, -0.1) is 0 Å². The lowest BCUT2D eigenvalue weighted by molar-refractivity contribution is 0.0304. The molecule has 1 atom stereocenters. The third-order valence-electron chi connectivity index (χ3n) is 3.91. The van der Waals surface area contributed by atoms with Gasteiger partial charge in [0, 0.05) is 13.5 Å². The van der Waals surface area contributed by atoms with Crippen LogP contribution in [0.4, 0.5) is 4.39 Å². The lowest BCUT2D eigenvalue weighted by Gasteiger charge is -2.27. The number of aromatic nitrogens is 2. The van der Waals surface area contributed by atoms with E-state index in [0.717, 1.165) is 22.3 Å². The van der Waals surface area contributed by atoms with E-state index in [9.17, 15) is 9.50 Å². The van der Waals surface area contributed by atoms with Crippen LogP contribution in [-0.2, 0) is 25.5 Å². The maximum Gasteiger partial charge on any atom is 0.123 e. The smallest absolute Gasteiger partial charge is 0.123 e. The lowest BCUT2D eigenvalue weighted by atomic mass is 9.86. The normalized spacial score (nSPS) is 14.2. The van der Waals surface area contributed by atoms with Gasteiger partial charge in [-0.1, -0.05) is 26.0 Å². The minimum atomic E-state index is -1.11. The zero-order chi connectivity index (χ0) is 15.6. The molecule has 0 radical (unpaired) electrons. The second kappa shape index (κ2) is 6.28. The van der Waals surface area contributed by atoms with Gasteiger partial charge in [0.2, 0.25) is 0 Å². The van der Waals surface area contributed by atoms with Crippen molar-refractivity contribution < 1.29 is 9.50 Å². The van der Waals surface area contributed by atoms with Crippen LogP contribution in [0, 0.1) is 5.82 Å².